The summed E-state index contributed by atoms with van der Waals surface area (Å²) in [6, 6.07) is 23.0. The Morgan fingerprint density at radius 3 is 2.55 bits per heavy atom. The number of rotatable bonds is 3. The maximum atomic E-state index is 13.6. The molecule has 1 atom stereocenters. The van der Waals surface area contributed by atoms with Gasteiger partial charge >= 0.3 is 0 Å². The molecular formula is C23H18N2O3S. The third-order valence-electron chi connectivity index (χ3n) is 4.83. The SMILES string of the molecule is Cc1ccccc1N(C(=O)[C@@H]1COc2ccccc2O1)c1nc2ccccc2s1. The van der Waals surface area contributed by atoms with Crippen LogP contribution in [0.4, 0.5) is 10.8 Å². The third-order valence-corrected chi connectivity index (χ3v) is 5.86. The lowest BCUT2D eigenvalue weighted by Gasteiger charge is -2.30. The molecule has 0 unspecified atom stereocenters. The van der Waals surface area contributed by atoms with Gasteiger partial charge in [-0.25, -0.2) is 4.98 Å². The van der Waals surface area contributed by atoms with Crippen LogP contribution in [-0.4, -0.2) is 23.6 Å². The fourth-order valence-corrected chi connectivity index (χ4v) is 4.36. The molecule has 29 heavy (non-hydrogen) atoms. The number of anilines is 2. The summed E-state index contributed by atoms with van der Waals surface area (Å²) in [6.07, 6.45) is -0.753. The first kappa shape index (κ1) is 17.7. The first-order valence-electron chi connectivity index (χ1n) is 9.34. The van der Waals surface area contributed by atoms with Gasteiger partial charge in [0.2, 0.25) is 6.10 Å². The highest BCUT2D eigenvalue weighted by Crippen LogP contribution is 2.37. The van der Waals surface area contributed by atoms with Crippen LogP contribution in [0.1, 0.15) is 5.56 Å². The molecule has 0 bridgehead atoms. The highest BCUT2D eigenvalue weighted by atomic mass is 32.1. The Kier molecular flexibility index (Phi) is 4.41. The number of fused-ring (bicyclic) bond motifs is 2. The van der Waals surface area contributed by atoms with E-state index in [0.29, 0.717) is 16.6 Å². The number of carbonyl (C=O) groups is 1. The number of thiazole rings is 1. The number of ether oxygens (including phenoxy) is 2. The molecule has 0 fully saturated rings. The van der Waals surface area contributed by atoms with Crippen molar-refractivity contribution in [3.8, 4) is 11.5 Å². The summed E-state index contributed by atoms with van der Waals surface area (Å²) in [5.74, 6) is 1.03. The Morgan fingerprint density at radius 1 is 1.00 bits per heavy atom. The smallest absolute Gasteiger partial charge is 0.278 e. The van der Waals surface area contributed by atoms with Crippen LogP contribution in [0.2, 0.25) is 0 Å². The number of aromatic nitrogens is 1. The van der Waals surface area contributed by atoms with Crippen LogP contribution in [0.25, 0.3) is 10.2 Å². The van der Waals surface area contributed by atoms with Gasteiger partial charge in [-0.05, 0) is 42.8 Å². The van der Waals surface area contributed by atoms with Crippen LogP contribution in [0.5, 0.6) is 11.5 Å². The summed E-state index contributed by atoms with van der Waals surface area (Å²) >= 11 is 1.48. The second kappa shape index (κ2) is 7.22. The number of carbonyl (C=O) groups excluding carboxylic acids is 1. The molecule has 0 spiro atoms. The Hall–Kier alpha value is -3.38. The average Bonchev–Trinajstić information content (AvgIpc) is 3.18. The van der Waals surface area contributed by atoms with Crippen LogP contribution in [0, 0.1) is 6.92 Å². The van der Waals surface area contributed by atoms with Crippen LogP contribution in [0.3, 0.4) is 0 Å². The maximum absolute atomic E-state index is 13.6. The van der Waals surface area contributed by atoms with Crippen molar-refractivity contribution in [1.82, 2.24) is 4.98 Å². The largest absolute Gasteiger partial charge is 0.485 e. The quantitative estimate of drug-likeness (QED) is 0.478. The molecule has 4 aromatic rings. The number of para-hydroxylation sites is 4. The molecule has 1 aromatic heterocycles. The number of hydrogen-bond acceptors (Lipinski definition) is 5. The van der Waals surface area contributed by atoms with E-state index in [4.69, 9.17) is 14.5 Å². The molecule has 3 aromatic carbocycles. The van der Waals surface area contributed by atoms with Crippen molar-refractivity contribution in [3.05, 3.63) is 78.4 Å². The first-order valence-corrected chi connectivity index (χ1v) is 10.2. The fraction of sp³-hybridized carbons (Fsp3) is 0.130. The molecule has 1 aliphatic heterocycles. The number of nitrogens with zero attached hydrogens (tertiary/aromatic N) is 2. The minimum Gasteiger partial charge on any atom is -0.485 e. The van der Waals surface area contributed by atoms with Gasteiger partial charge in [-0.15, -0.1) is 0 Å². The maximum Gasteiger partial charge on any atom is 0.278 e. The monoisotopic (exact) mass is 402 g/mol. The van der Waals surface area contributed by atoms with Gasteiger partial charge in [-0.1, -0.05) is 53.8 Å². The second-order valence-corrected chi connectivity index (χ2v) is 7.80. The second-order valence-electron chi connectivity index (χ2n) is 6.79. The highest BCUT2D eigenvalue weighted by Gasteiger charge is 2.34. The molecule has 5 nitrogen and oxygen atoms in total. The number of aryl methyl sites for hydroxylation is 1. The Bertz CT molecular complexity index is 1170. The molecule has 0 N–H and O–H groups in total. The van der Waals surface area contributed by atoms with E-state index in [1.54, 1.807) is 4.90 Å². The predicted octanol–water partition coefficient (Wildman–Crippen LogP) is 5.11. The minimum atomic E-state index is -0.753. The highest BCUT2D eigenvalue weighted by molar-refractivity contribution is 7.22. The van der Waals surface area contributed by atoms with E-state index in [1.807, 2.05) is 79.7 Å². The zero-order valence-electron chi connectivity index (χ0n) is 15.7. The van der Waals surface area contributed by atoms with Crippen molar-refractivity contribution in [2.45, 2.75) is 13.0 Å². The normalized spacial score (nSPS) is 15.3. The van der Waals surface area contributed by atoms with Crippen LogP contribution < -0.4 is 14.4 Å². The third kappa shape index (κ3) is 3.21. The molecule has 0 radical (unpaired) electrons. The van der Waals surface area contributed by atoms with E-state index in [-0.39, 0.29) is 12.5 Å². The van der Waals surface area contributed by atoms with Gasteiger partial charge < -0.3 is 9.47 Å². The Labute approximate surface area is 172 Å². The summed E-state index contributed by atoms with van der Waals surface area (Å²) in [5.41, 5.74) is 2.64. The van der Waals surface area contributed by atoms with Crippen molar-refractivity contribution in [2.24, 2.45) is 0 Å². The molecule has 0 aliphatic carbocycles. The van der Waals surface area contributed by atoms with Crippen molar-refractivity contribution in [2.75, 3.05) is 11.5 Å². The Morgan fingerprint density at radius 2 is 1.72 bits per heavy atom. The van der Waals surface area contributed by atoms with Gasteiger partial charge in [0.1, 0.15) is 6.61 Å². The van der Waals surface area contributed by atoms with E-state index in [2.05, 4.69) is 0 Å². The van der Waals surface area contributed by atoms with Crippen molar-refractivity contribution < 1.29 is 14.3 Å². The molecule has 0 saturated heterocycles. The summed E-state index contributed by atoms with van der Waals surface area (Å²) in [4.78, 5) is 20.0. The zero-order valence-corrected chi connectivity index (χ0v) is 16.6. The molecular weight excluding hydrogens is 384 g/mol. The molecule has 1 amide bonds. The van der Waals surface area contributed by atoms with E-state index in [9.17, 15) is 4.79 Å². The number of amides is 1. The minimum absolute atomic E-state index is 0.156. The molecule has 2 heterocycles. The van der Waals surface area contributed by atoms with Gasteiger partial charge in [0.25, 0.3) is 5.91 Å². The van der Waals surface area contributed by atoms with E-state index >= 15 is 0 Å². The molecule has 144 valence electrons. The molecule has 0 saturated carbocycles. The lowest BCUT2D eigenvalue weighted by molar-refractivity contribution is -0.126. The summed E-state index contributed by atoms with van der Waals surface area (Å²) in [5, 5.41) is 0.618. The average molecular weight is 402 g/mol. The number of benzene rings is 3. The van der Waals surface area contributed by atoms with Crippen LogP contribution in [-0.2, 0) is 4.79 Å². The van der Waals surface area contributed by atoms with E-state index < -0.39 is 6.10 Å². The lowest BCUT2D eigenvalue weighted by atomic mass is 10.1. The van der Waals surface area contributed by atoms with Gasteiger partial charge in [0.05, 0.1) is 15.9 Å². The first-order chi connectivity index (χ1) is 14.2. The van der Waals surface area contributed by atoms with Gasteiger partial charge in [-0.3, -0.25) is 9.69 Å². The van der Waals surface area contributed by atoms with Crippen molar-refractivity contribution >= 4 is 38.3 Å². The lowest BCUT2D eigenvalue weighted by Crippen LogP contribution is -2.44. The summed E-state index contributed by atoms with van der Waals surface area (Å²) in [7, 11) is 0. The summed E-state index contributed by atoms with van der Waals surface area (Å²) < 4.78 is 12.8. The topological polar surface area (TPSA) is 51.7 Å². The Balaban J connectivity index is 1.57. The van der Waals surface area contributed by atoms with Crippen molar-refractivity contribution in [3.63, 3.8) is 0 Å². The standard InChI is InChI=1S/C23H18N2O3S/c1-15-8-2-4-10-17(15)25(23-24-16-9-3-7-13-21(16)29-23)22(26)20-14-27-18-11-5-6-12-19(18)28-20/h2-13,20H,14H2,1H3/t20-/m0/s1. The number of hydrogen-bond donors (Lipinski definition) is 0. The van der Waals surface area contributed by atoms with Crippen LogP contribution >= 0.6 is 11.3 Å². The molecule has 6 heteroatoms. The van der Waals surface area contributed by atoms with Crippen molar-refractivity contribution in [1.29, 1.82) is 0 Å². The molecule has 1 aliphatic rings. The zero-order chi connectivity index (χ0) is 19.8. The van der Waals surface area contributed by atoms with Gasteiger partial charge in [-0.2, -0.15) is 0 Å². The molecule has 5 rings (SSSR count). The fourth-order valence-electron chi connectivity index (χ4n) is 3.37. The van der Waals surface area contributed by atoms with Crippen LogP contribution in [0.15, 0.2) is 72.8 Å². The van der Waals surface area contributed by atoms with E-state index in [0.717, 1.165) is 21.5 Å². The summed E-state index contributed by atoms with van der Waals surface area (Å²) in [6.45, 7) is 2.14. The van der Waals surface area contributed by atoms with Gasteiger partial charge in [0, 0.05) is 0 Å². The van der Waals surface area contributed by atoms with E-state index in [1.165, 1.54) is 11.3 Å². The van der Waals surface area contributed by atoms with Gasteiger partial charge in [0.15, 0.2) is 16.6 Å². The predicted molar refractivity (Wildman–Crippen MR) is 114 cm³/mol.